The number of carbonyl (C=O) groups is 1. The van der Waals surface area contributed by atoms with Crippen LogP contribution in [-0.2, 0) is 9.53 Å². The van der Waals surface area contributed by atoms with Gasteiger partial charge in [0.2, 0.25) is 0 Å². The van der Waals surface area contributed by atoms with Gasteiger partial charge >= 0.3 is 5.97 Å². The minimum absolute atomic E-state index is 0.194. The second-order valence-corrected chi connectivity index (χ2v) is 8.16. The molecule has 6 nitrogen and oxygen atoms in total. The van der Waals surface area contributed by atoms with Gasteiger partial charge in [-0.05, 0) is 51.8 Å². The molecule has 0 saturated carbocycles. The molecule has 3 aromatic rings. The number of nitrogens with zero attached hydrogens (tertiary/aromatic N) is 2. The number of hydrogen-bond donors (Lipinski definition) is 0. The Morgan fingerprint density at radius 3 is 2.52 bits per heavy atom. The number of hydrogen-bond acceptors (Lipinski definition) is 6. The quantitative estimate of drug-likeness (QED) is 0.523. The van der Waals surface area contributed by atoms with Crippen molar-refractivity contribution in [2.45, 2.75) is 53.2 Å². The van der Waals surface area contributed by atoms with Crippen LogP contribution in [0, 0.1) is 6.92 Å². The Labute approximate surface area is 174 Å². The SMILES string of the molecule is CCOc1ccc(-c2c(C)sc3ncn([C@H](C)C(=O)O[C@H](C)CC)c(=O)c23)cc1. The molecule has 0 spiro atoms. The molecule has 0 radical (unpaired) electrons. The Hall–Kier alpha value is -2.67. The average molecular weight is 415 g/mol. The third-order valence-electron chi connectivity index (χ3n) is 4.92. The van der Waals surface area contributed by atoms with E-state index in [1.807, 2.05) is 52.0 Å². The summed E-state index contributed by atoms with van der Waals surface area (Å²) in [5.74, 6) is 0.350. The van der Waals surface area contributed by atoms with Gasteiger partial charge in [0.05, 0.1) is 24.4 Å². The van der Waals surface area contributed by atoms with E-state index < -0.39 is 12.0 Å². The number of aryl methyl sites for hydroxylation is 1. The Morgan fingerprint density at radius 2 is 1.90 bits per heavy atom. The van der Waals surface area contributed by atoms with Gasteiger partial charge in [-0.3, -0.25) is 9.36 Å². The number of fused-ring (bicyclic) bond motifs is 1. The van der Waals surface area contributed by atoms with E-state index in [1.54, 1.807) is 6.92 Å². The summed E-state index contributed by atoms with van der Waals surface area (Å²) in [7, 11) is 0. The molecule has 0 fully saturated rings. The fraction of sp³-hybridized carbons (Fsp3) is 0.409. The molecule has 0 unspecified atom stereocenters. The number of benzene rings is 1. The molecule has 2 aromatic heterocycles. The lowest BCUT2D eigenvalue weighted by Gasteiger charge is -2.17. The molecule has 0 aliphatic rings. The van der Waals surface area contributed by atoms with Crippen LogP contribution in [-0.4, -0.2) is 28.2 Å². The van der Waals surface area contributed by atoms with Gasteiger partial charge in [-0.15, -0.1) is 11.3 Å². The smallest absolute Gasteiger partial charge is 0.329 e. The summed E-state index contributed by atoms with van der Waals surface area (Å²) in [6.45, 7) is 9.95. The van der Waals surface area contributed by atoms with Crippen LogP contribution in [0.5, 0.6) is 5.75 Å². The van der Waals surface area contributed by atoms with Crippen molar-refractivity contribution in [2.75, 3.05) is 6.61 Å². The third-order valence-corrected chi connectivity index (χ3v) is 5.93. The summed E-state index contributed by atoms with van der Waals surface area (Å²) < 4.78 is 12.3. The monoisotopic (exact) mass is 414 g/mol. The average Bonchev–Trinajstić information content (AvgIpc) is 3.05. The normalized spacial score (nSPS) is 13.3. The van der Waals surface area contributed by atoms with Crippen LogP contribution >= 0.6 is 11.3 Å². The molecular formula is C22H26N2O4S. The number of thiophene rings is 1. The number of carbonyl (C=O) groups excluding carboxylic acids is 1. The van der Waals surface area contributed by atoms with Crippen molar-refractivity contribution in [1.29, 1.82) is 0 Å². The van der Waals surface area contributed by atoms with Crippen LogP contribution in [0.25, 0.3) is 21.3 Å². The first kappa shape index (κ1) is 21.0. The molecule has 0 aliphatic carbocycles. The maximum absolute atomic E-state index is 13.3. The van der Waals surface area contributed by atoms with E-state index in [0.29, 0.717) is 16.8 Å². The lowest BCUT2D eigenvalue weighted by Crippen LogP contribution is -2.31. The molecular weight excluding hydrogens is 388 g/mol. The zero-order chi connectivity index (χ0) is 21.1. The molecule has 0 aliphatic heterocycles. The predicted octanol–water partition coefficient (Wildman–Crippen LogP) is 4.73. The van der Waals surface area contributed by atoms with E-state index in [-0.39, 0.29) is 11.7 Å². The van der Waals surface area contributed by atoms with E-state index in [9.17, 15) is 9.59 Å². The maximum atomic E-state index is 13.3. The lowest BCUT2D eigenvalue weighted by molar-refractivity contribution is -0.152. The third kappa shape index (κ3) is 4.19. The number of ether oxygens (including phenoxy) is 2. The van der Waals surface area contributed by atoms with Gasteiger partial charge in [0, 0.05) is 10.4 Å². The Morgan fingerprint density at radius 1 is 1.21 bits per heavy atom. The van der Waals surface area contributed by atoms with Gasteiger partial charge in [0.1, 0.15) is 16.6 Å². The Bertz CT molecular complexity index is 1070. The van der Waals surface area contributed by atoms with Crippen molar-refractivity contribution >= 4 is 27.5 Å². The molecule has 0 saturated heterocycles. The molecule has 29 heavy (non-hydrogen) atoms. The lowest BCUT2D eigenvalue weighted by atomic mass is 10.0. The molecule has 7 heteroatoms. The Kier molecular flexibility index (Phi) is 6.37. The number of rotatable bonds is 7. The molecule has 3 rings (SSSR count). The van der Waals surface area contributed by atoms with Crippen molar-refractivity contribution in [1.82, 2.24) is 9.55 Å². The van der Waals surface area contributed by atoms with Gasteiger partial charge < -0.3 is 9.47 Å². The van der Waals surface area contributed by atoms with Crippen molar-refractivity contribution < 1.29 is 14.3 Å². The van der Waals surface area contributed by atoms with Crippen molar-refractivity contribution in [3.63, 3.8) is 0 Å². The first-order valence-corrected chi connectivity index (χ1v) is 10.6. The highest BCUT2D eigenvalue weighted by Gasteiger charge is 2.23. The molecule has 2 heterocycles. The fourth-order valence-corrected chi connectivity index (χ4v) is 4.12. The standard InChI is InChI=1S/C22H26N2O4S/c1-6-13(3)28-22(26)14(4)24-12-23-20-19(21(24)25)18(15(5)29-20)16-8-10-17(11-9-16)27-7-2/h8-14H,6-7H2,1-5H3/t13-,14-/m1/s1. The summed E-state index contributed by atoms with van der Waals surface area (Å²) in [6.07, 6.45) is 1.96. The highest BCUT2D eigenvalue weighted by molar-refractivity contribution is 7.19. The molecule has 154 valence electrons. The van der Waals surface area contributed by atoms with E-state index in [0.717, 1.165) is 28.2 Å². The van der Waals surface area contributed by atoms with Crippen molar-refractivity contribution in [2.24, 2.45) is 0 Å². The van der Waals surface area contributed by atoms with Crippen LogP contribution in [0.4, 0.5) is 0 Å². The molecule has 0 bridgehead atoms. The summed E-state index contributed by atoms with van der Waals surface area (Å²) >= 11 is 1.47. The number of aromatic nitrogens is 2. The zero-order valence-corrected chi connectivity index (χ0v) is 18.2. The summed E-state index contributed by atoms with van der Waals surface area (Å²) in [6, 6.07) is 6.92. The summed E-state index contributed by atoms with van der Waals surface area (Å²) in [5.41, 5.74) is 1.53. The fourth-order valence-electron chi connectivity index (χ4n) is 3.12. The van der Waals surface area contributed by atoms with Crippen LogP contribution in [0.1, 0.15) is 45.0 Å². The van der Waals surface area contributed by atoms with Crippen LogP contribution in [0.3, 0.4) is 0 Å². The number of esters is 1. The first-order chi connectivity index (χ1) is 13.9. The second-order valence-electron chi connectivity index (χ2n) is 6.96. The van der Waals surface area contributed by atoms with Crippen molar-refractivity contribution in [3.05, 3.63) is 45.8 Å². The van der Waals surface area contributed by atoms with Gasteiger partial charge in [0.25, 0.3) is 5.56 Å². The van der Waals surface area contributed by atoms with E-state index >= 15 is 0 Å². The second kappa shape index (κ2) is 8.78. The Balaban J connectivity index is 2.07. The highest BCUT2D eigenvalue weighted by Crippen LogP contribution is 2.36. The molecule has 1 aromatic carbocycles. The minimum atomic E-state index is -0.748. The summed E-state index contributed by atoms with van der Waals surface area (Å²) in [5, 5.41) is 0.530. The summed E-state index contributed by atoms with van der Waals surface area (Å²) in [4.78, 5) is 31.9. The molecule has 2 atom stereocenters. The van der Waals surface area contributed by atoms with Crippen LogP contribution in [0.2, 0.25) is 0 Å². The van der Waals surface area contributed by atoms with Crippen LogP contribution < -0.4 is 10.3 Å². The topological polar surface area (TPSA) is 70.4 Å². The minimum Gasteiger partial charge on any atom is -0.494 e. The zero-order valence-electron chi connectivity index (χ0n) is 17.4. The van der Waals surface area contributed by atoms with E-state index in [4.69, 9.17) is 9.47 Å². The van der Waals surface area contributed by atoms with E-state index in [1.165, 1.54) is 22.2 Å². The largest absolute Gasteiger partial charge is 0.494 e. The van der Waals surface area contributed by atoms with Gasteiger partial charge in [0.15, 0.2) is 0 Å². The van der Waals surface area contributed by atoms with Crippen molar-refractivity contribution in [3.8, 4) is 16.9 Å². The van der Waals surface area contributed by atoms with E-state index in [2.05, 4.69) is 4.98 Å². The molecule has 0 N–H and O–H groups in total. The predicted molar refractivity (Wildman–Crippen MR) is 116 cm³/mol. The van der Waals surface area contributed by atoms with Gasteiger partial charge in [-0.1, -0.05) is 19.1 Å². The maximum Gasteiger partial charge on any atom is 0.329 e. The molecule has 0 amide bonds. The van der Waals surface area contributed by atoms with Gasteiger partial charge in [-0.2, -0.15) is 0 Å². The van der Waals surface area contributed by atoms with Crippen LogP contribution in [0.15, 0.2) is 35.4 Å². The highest BCUT2D eigenvalue weighted by atomic mass is 32.1. The van der Waals surface area contributed by atoms with Gasteiger partial charge in [-0.25, -0.2) is 9.78 Å². The first-order valence-electron chi connectivity index (χ1n) is 9.81.